The molecule has 1 aromatic heterocycles. The van der Waals surface area contributed by atoms with Crippen molar-refractivity contribution >= 4 is 34.6 Å². The second-order valence-electron chi connectivity index (χ2n) is 4.42. The number of nitrogens with zero attached hydrogens (tertiary/aromatic N) is 2. The lowest BCUT2D eigenvalue weighted by atomic mass is 10.1. The van der Waals surface area contributed by atoms with E-state index in [0.29, 0.717) is 11.3 Å². The quantitative estimate of drug-likeness (QED) is 0.692. The second kappa shape index (κ2) is 6.78. The smallest absolute Gasteiger partial charge is 0.246 e. The molecule has 0 radical (unpaired) electrons. The van der Waals surface area contributed by atoms with E-state index in [1.165, 1.54) is 29.5 Å². The Hall–Kier alpha value is -1.79. The lowest BCUT2D eigenvalue weighted by molar-refractivity contribution is -0.120. The minimum absolute atomic E-state index is 0.173. The van der Waals surface area contributed by atoms with Gasteiger partial charge in [0.1, 0.15) is 10.8 Å². The number of rotatable bonds is 4. The minimum Gasteiger partial charge on any atom is -0.273 e. The second-order valence-corrected chi connectivity index (χ2v) is 5.77. The van der Waals surface area contributed by atoms with E-state index in [4.69, 9.17) is 11.6 Å². The molecular weight excluding hydrogens is 313 g/mol. The summed E-state index contributed by atoms with van der Waals surface area (Å²) in [5.74, 6) is -0.679. The number of aromatic nitrogens is 1. The van der Waals surface area contributed by atoms with Crippen LogP contribution in [0.3, 0.4) is 0 Å². The predicted molar refractivity (Wildman–Crippen MR) is 82.3 cm³/mol. The van der Waals surface area contributed by atoms with Gasteiger partial charge in [-0.2, -0.15) is 5.10 Å². The Balaban J connectivity index is 2.01. The van der Waals surface area contributed by atoms with E-state index < -0.39 is 5.82 Å². The van der Waals surface area contributed by atoms with Crippen LogP contribution in [0.1, 0.15) is 23.2 Å². The van der Waals surface area contributed by atoms with Crippen LogP contribution in [0.2, 0.25) is 5.02 Å². The van der Waals surface area contributed by atoms with Crippen LogP contribution in [0, 0.1) is 12.7 Å². The van der Waals surface area contributed by atoms with Crippen molar-refractivity contribution in [2.45, 2.75) is 20.3 Å². The monoisotopic (exact) mass is 325 g/mol. The van der Waals surface area contributed by atoms with Crippen LogP contribution >= 0.6 is 22.9 Å². The van der Waals surface area contributed by atoms with Gasteiger partial charge in [-0.3, -0.25) is 4.79 Å². The highest BCUT2D eigenvalue weighted by Gasteiger charge is 2.08. The van der Waals surface area contributed by atoms with Gasteiger partial charge >= 0.3 is 0 Å². The molecule has 1 N–H and O–H groups in total. The van der Waals surface area contributed by atoms with Crippen molar-refractivity contribution in [2.75, 3.05) is 0 Å². The number of carbonyl (C=O) groups is 1. The minimum atomic E-state index is -0.417. The van der Waals surface area contributed by atoms with Crippen LogP contribution in [0.5, 0.6) is 0 Å². The van der Waals surface area contributed by atoms with Gasteiger partial charge in [-0.05, 0) is 32.0 Å². The zero-order valence-electron chi connectivity index (χ0n) is 11.5. The van der Waals surface area contributed by atoms with Crippen molar-refractivity contribution in [3.63, 3.8) is 0 Å². The van der Waals surface area contributed by atoms with Crippen molar-refractivity contribution in [2.24, 2.45) is 5.10 Å². The van der Waals surface area contributed by atoms with E-state index in [1.807, 2.05) is 12.3 Å². The van der Waals surface area contributed by atoms with Gasteiger partial charge in [0.25, 0.3) is 0 Å². The molecule has 0 unspecified atom stereocenters. The summed E-state index contributed by atoms with van der Waals surface area (Å²) in [5, 5.41) is 6.84. The summed E-state index contributed by atoms with van der Waals surface area (Å²) in [6.45, 7) is 3.56. The van der Waals surface area contributed by atoms with Crippen LogP contribution in [-0.4, -0.2) is 16.6 Å². The molecule has 0 aliphatic carbocycles. The molecule has 2 aromatic rings. The zero-order chi connectivity index (χ0) is 15.4. The molecule has 0 atom stereocenters. The first kappa shape index (κ1) is 15.6. The molecule has 0 aliphatic rings. The van der Waals surface area contributed by atoms with Gasteiger partial charge < -0.3 is 0 Å². The third kappa shape index (κ3) is 4.34. The number of hydrazone groups is 1. The van der Waals surface area contributed by atoms with Gasteiger partial charge in [-0.1, -0.05) is 11.6 Å². The highest BCUT2D eigenvalue weighted by atomic mass is 35.5. The standard InChI is InChI=1S/C14H13ClFN3OS/c1-8-7-21-14(17-8)6-13(20)19-18-9(2)11-4-3-10(16)5-12(11)15/h3-5,7H,6H2,1-2H3,(H,19,20)/b18-9-. The summed E-state index contributed by atoms with van der Waals surface area (Å²) in [6, 6.07) is 4.02. The Morgan fingerprint density at radius 1 is 1.52 bits per heavy atom. The number of halogens is 2. The number of benzene rings is 1. The Kier molecular flexibility index (Phi) is 5.03. The van der Waals surface area contributed by atoms with Gasteiger partial charge in [0, 0.05) is 16.6 Å². The highest BCUT2D eigenvalue weighted by molar-refractivity contribution is 7.09. The first-order valence-corrected chi connectivity index (χ1v) is 7.41. The van der Waals surface area contributed by atoms with Crippen LogP contribution in [0.4, 0.5) is 4.39 Å². The molecule has 0 aliphatic heterocycles. The molecule has 0 saturated heterocycles. The van der Waals surface area contributed by atoms with Gasteiger partial charge in [-0.25, -0.2) is 14.8 Å². The first-order valence-electron chi connectivity index (χ1n) is 6.15. The molecule has 2 rings (SSSR count). The summed E-state index contributed by atoms with van der Waals surface area (Å²) in [5.41, 5.74) is 4.41. The fourth-order valence-corrected chi connectivity index (χ4v) is 2.72. The van der Waals surface area contributed by atoms with Crippen molar-refractivity contribution in [3.05, 3.63) is 50.7 Å². The largest absolute Gasteiger partial charge is 0.273 e. The molecule has 1 heterocycles. The Bertz CT molecular complexity index is 699. The van der Waals surface area contributed by atoms with Crippen LogP contribution < -0.4 is 5.43 Å². The number of hydrogen-bond donors (Lipinski definition) is 1. The van der Waals surface area contributed by atoms with Crippen molar-refractivity contribution in [1.82, 2.24) is 10.4 Å². The number of hydrogen-bond acceptors (Lipinski definition) is 4. The lowest BCUT2D eigenvalue weighted by Gasteiger charge is -2.04. The number of thiazole rings is 1. The maximum Gasteiger partial charge on any atom is 0.246 e. The Morgan fingerprint density at radius 3 is 2.90 bits per heavy atom. The number of carbonyl (C=O) groups excluding carboxylic acids is 1. The lowest BCUT2D eigenvalue weighted by Crippen LogP contribution is -2.21. The topological polar surface area (TPSA) is 54.4 Å². The van der Waals surface area contributed by atoms with Crippen molar-refractivity contribution in [1.29, 1.82) is 0 Å². The average Bonchev–Trinajstić information content (AvgIpc) is 2.81. The fourth-order valence-electron chi connectivity index (χ4n) is 1.65. The highest BCUT2D eigenvalue weighted by Crippen LogP contribution is 2.17. The molecule has 1 amide bonds. The molecule has 0 spiro atoms. The summed E-state index contributed by atoms with van der Waals surface area (Å²) in [6.07, 6.45) is 0.173. The SMILES string of the molecule is C/C(=N/NC(=O)Cc1nc(C)cs1)c1ccc(F)cc1Cl. The van der Waals surface area contributed by atoms with E-state index in [-0.39, 0.29) is 17.4 Å². The van der Waals surface area contributed by atoms with Crippen LogP contribution in [-0.2, 0) is 11.2 Å². The zero-order valence-corrected chi connectivity index (χ0v) is 13.1. The van der Waals surface area contributed by atoms with E-state index in [0.717, 1.165) is 10.7 Å². The Labute approximate surface area is 130 Å². The molecule has 1 aromatic carbocycles. The summed E-state index contributed by atoms with van der Waals surface area (Å²) < 4.78 is 13.0. The number of aryl methyl sites for hydroxylation is 1. The van der Waals surface area contributed by atoms with Crippen molar-refractivity contribution in [3.8, 4) is 0 Å². The molecule has 0 bridgehead atoms. The molecule has 4 nitrogen and oxygen atoms in total. The molecule has 110 valence electrons. The van der Waals surface area contributed by atoms with Crippen molar-refractivity contribution < 1.29 is 9.18 Å². The molecular formula is C14H13ClFN3OS. The van der Waals surface area contributed by atoms with E-state index in [9.17, 15) is 9.18 Å². The molecule has 7 heteroatoms. The third-order valence-electron chi connectivity index (χ3n) is 2.65. The third-order valence-corrected chi connectivity index (χ3v) is 3.93. The van der Waals surface area contributed by atoms with E-state index in [2.05, 4.69) is 15.5 Å². The van der Waals surface area contributed by atoms with Gasteiger partial charge in [0.05, 0.1) is 17.2 Å². The van der Waals surface area contributed by atoms with E-state index >= 15 is 0 Å². The molecule has 0 saturated carbocycles. The molecule has 21 heavy (non-hydrogen) atoms. The van der Waals surface area contributed by atoms with Crippen LogP contribution in [0.25, 0.3) is 0 Å². The number of nitrogens with one attached hydrogen (secondary N) is 1. The van der Waals surface area contributed by atoms with Gasteiger partial charge in [0.15, 0.2) is 0 Å². The predicted octanol–water partition coefficient (Wildman–Crippen LogP) is 3.33. The van der Waals surface area contributed by atoms with Gasteiger partial charge in [-0.15, -0.1) is 11.3 Å². The maximum atomic E-state index is 13.0. The van der Waals surface area contributed by atoms with Gasteiger partial charge in [0.2, 0.25) is 5.91 Å². The average molecular weight is 326 g/mol. The summed E-state index contributed by atoms with van der Waals surface area (Å²) in [4.78, 5) is 16.0. The molecule has 0 fully saturated rings. The maximum absolute atomic E-state index is 13.0. The Morgan fingerprint density at radius 2 is 2.29 bits per heavy atom. The van der Waals surface area contributed by atoms with E-state index in [1.54, 1.807) is 6.92 Å². The van der Waals surface area contributed by atoms with Crippen LogP contribution in [0.15, 0.2) is 28.7 Å². The normalized spacial score (nSPS) is 11.5. The first-order chi connectivity index (χ1) is 9.95. The summed E-state index contributed by atoms with van der Waals surface area (Å²) >= 11 is 7.36. The summed E-state index contributed by atoms with van der Waals surface area (Å²) in [7, 11) is 0. The fraction of sp³-hybridized carbons (Fsp3) is 0.214. The number of amides is 1.